The molecule has 92 valence electrons. The second-order valence-electron chi connectivity index (χ2n) is 4.04. The normalized spacial score (nSPS) is 9.94. The van der Waals surface area contributed by atoms with Crippen molar-refractivity contribution in [1.29, 1.82) is 0 Å². The van der Waals surface area contributed by atoms with E-state index < -0.39 is 13.9 Å². The summed E-state index contributed by atoms with van der Waals surface area (Å²) in [6.45, 7) is 3.97. The topological polar surface area (TPSA) is 18.5 Å². The summed E-state index contributed by atoms with van der Waals surface area (Å²) in [6, 6.07) is 15.6. The van der Waals surface area contributed by atoms with Crippen LogP contribution in [-0.4, -0.2) is 13.9 Å². The molecule has 0 aliphatic heterocycles. The highest BCUT2D eigenvalue weighted by Crippen LogP contribution is 2.21. The van der Waals surface area contributed by atoms with Gasteiger partial charge < -0.3 is 7.58 Å². The summed E-state index contributed by atoms with van der Waals surface area (Å²) in [4.78, 5) is 0. The average Bonchev–Trinajstić information content (AvgIpc) is 2.35. The van der Waals surface area contributed by atoms with Crippen molar-refractivity contribution in [2.24, 2.45) is 0 Å². The van der Waals surface area contributed by atoms with Gasteiger partial charge in [0, 0.05) is 0 Å². The molecule has 2 nitrogen and oxygen atoms in total. The first-order valence-corrected chi connectivity index (χ1v) is 8.44. The lowest BCUT2D eigenvalue weighted by molar-refractivity contribution is 0.444. The number of halogens is 1. The van der Waals surface area contributed by atoms with E-state index >= 15 is 0 Å². The molecule has 4 heteroatoms. The van der Waals surface area contributed by atoms with E-state index in [2.05, 4.69) is 0 Å². The third-order valence-corrected chi connectivity index (χ3v) is 4.04. The van der Waals surface area contributed by atoms with Crippen molar-refractivity contribution in [1.82, 2.24) is 0 Å². The second-order valence-corrected chi connectivity index (χ2v) is 6.13. The van der Waals surface area contributed by atoms with Gasteiger partial charge in [-0.2, -0.15) is 10.0 Å². The zero-order chi connectivity index (χ0) is 13.0. The van der Waals surface area contributed by atoms with Crippen molar-refractivity contribution in [3.63, 3.8) is 0 Å². The minimum absolute atomic E-state index is 0.790. The lowest BCUT2D eigenvalue weighted by atomic mass is 10.2. The van der Waals surface area contributed by atoms with Gasteiger partial charge in [-0.3, -0.25) is 0 Å². The van der Waals surface area contributed by atoms with Crippen LogP contribution < -0.4 is 7.58 Å². The van der Waals surface area contributed by atoms with Crippen LogP contribution in [0.25, 0.3) is 0 Å². The summed E-state index contributed by atoms with van der Waals surface area (Å²) in [7, 11) is 6.19. The molecule has 0 atom stereocenters. The lowest BCUT2D eigenvalue weighted by Gasteiger charge is -2.14. The number of hydrogen-bond donors (Lipinski definition) is 0. The third kappa shape index (κ3) is 3.43. The summed E-state index contributed by atoms with van der Waals surface area (Å²) < 4.78 is 11.4. The van der Waals surface area contributed by atoms with Crippen molar-refractivity contribution in [3.05, 3.63) is 59.7 Å². The van der Waals surface area contributed by atoms with Crippen LogP contribution in [0.15, 0.2) is 48.5 Å². The second kappa shape index (κ2) is 6.15. The maximum Gasteiger partial charge on any atom is 0.999 e. The summed E-state index contributed by atoms with van der Waals surface area (Å²) in [6.07, 6.45) is 0. The molecule has 0 saturated carbocycles. The van der Waals surface area contributed by atoms with Crippen molar-refractivity contribution in [2.75, 3.05) is 0 Å². The molecule has 2 rings (SSSR count). The van der Waals surface area contributed by atoms with E-state index in [1.165, 1.54) is 0 Å². The van der Waals surface area contributed by atoms with Crippen LogP contribution >= 0.6 is 10.0 Å². The van der Waals surface area contributed by atoms with Crippen LogP contribution in [0.3, 0.4) is 0 Å². The Hall–Kier alpha value is -1.14. The highest BCUT2D eigenvalue weighted by Gasteiger charge is 2.31. The monoisotopic (exact) mass is 276 g/mol. The third-order valence-electron chi connectivity index (χ3n) is 2.63. The van der Waals surface area contributed by atoms with Gasteiger partial charge in [-0.1, -0.05) is 36.4 Å². The summed E-state index contributed by atoms with van der Waals surface area (Å²) in [5.74, 6) is 1.58. The van der Waals surface area contributed by atoms with Gasteiger partial charge in [-0.05, 0) is 37.1 Å². The van der Waals surface area contributed by atoms with Crippen LogP contribution in [0, 0.1) is 13.8 Å². The highest BCUT2D eigenvalue weighted by atomic mass is 35.6. The SMILES string of the molecule is Cc1ccccc1[O][Al]([Cl])[O]c1ccccc1C. The Morgan fingerprint density at radius 2 is 1.17 bits per heavy atom. The minimum Gasteiger partial charge on any atom is -0.599 e. The molecule has 0 N–H and O–H groups in total. The molecule has 0 aliphatic carbocycles. The van der Waals surface area contributed by atoms with Gasteiger partial charge in [0.15, 0.2) is 0 Å². The van der Waals surface area contributed by atoms with Gasteiger partial charge in [0.1, 0.15) is 0 Å². The van der Waals surface area contributed by atoms with E-state index in [0.717, 1.165) is 22.6 Å². The first-order valence-electron chi connectivity index (χ1n) is 5.75. The molecule has 0 fully saturated rings. The predicted octanol–water partition coefficient (Wildman–Crippen LogP) is 3.98. The fourth-order valence-electron chi connectivity index (χ4n) is 1.60. The van der Waals surface area contributed by atoms with Crippen LogP contribution in [0.1, 0.15) is 11.1 Å². The molecular formula is C14H14AlClO2. The van der Waals surface area contributed by atoms with Crippen molar-refractivity contribution >= 4 is 23.9 Å². The van der Waals surface area contributed by atoms with Gasteiger partial charge in [0.2, 0.25) is 0 Å². The summed E-state index contributed by atoms with van der Waals surface area (Å²) in [5, 5.41) is 0. The summed E-state index contributed by atoms with van der Waals surface area (Å²) in [5.41, 5.74) is 2.12. The first kappa shape index (κ1) is 13.3. The Labute approximate surface area is 116 Å². The molecule has 0 aromatic heterocycles. The van der Waals surface area contributed by atoms with E-state index in [1.807, 2.05) is 62.4 Å². The molecule has 0 bridgehead atoms. The fraction of sp³-hybridized carbons (Fsp3) is 0.143. The number of hydrogen-bond acceptors (Lipinski definition) is 2. The molecule has 0 heterocycles. The quantitative estimate of drug-likeness (QED) is 0.786. The van der Waals surface area contributed by atoms with E-state index in [4.69, 9.17) is 17.6 Å². The Morgan fingerprint density at radius 3 is 1.56 bits per heavy atom. The van der Waals surface area contributed by atoms with E-state index in [0.29, 0.717) is 0 Å². The first-order chi connectivity index (χ1) is 8.66. The van der Waals surface area contributed by atoms with E-state index in [-0.39, 0.29) is 0 Å². The smallest absolute Gasteiger partial charge is 0.599 e. The van der Waals surface area contributed by atoms with Crippen molar-refractivity contribution < 1.29 is 7.58 Å². The Morgan fingerprint density at radius 1 is 0.778 bits per heavy atom. The van der Waals surface area contributed by atoms with Gasteiger partial charge in [0.25, 0.3) is 0 Å². The highest BCUT2D eigenvalue weighted by molar-refractivity contribution is 7.00. The summed E-state index contributed by atoms with van der Waals surface area (Å²) >= 11 is -2.24. The maximum absolute atomic E-state index is 6.19. The zero-order valence-corrected chi connectivity index (χ0v) is 12.3. The van der Waals surface area contributed by atoms with Crippen molar-refractivity contribution in [3.8, 4) is 11.5 Å². The molecule has 18 heavy (non-hydrogen) atoms. The zero-order valence-electron chi connectivity index (χ0n) is 10.4. The van der Waals surface area contributed by atoms with Crippen LogP contribution in [0.5, 0.6) is 11.5 Å². The minimum atomic E-state index is -2.24. The number of benzene rings is 2. The molecule has 2 aromatic rings. The van der Waals surface area contributed by atoms with E-state index in [9.17, 15) is 0 Å². The van der Waals surface area contributed by atoms with Gasteiger partial charge >= 0.3 is 13.9 Å². The Bertz CT molecular complexity index is 483. The molecular weight excluding hydrogens is 263 g/mol. The molecule has 0 unspecified atom stereocenters. The van der Waals surface area contributed by atoms with Gasteiger partial charge in [-0.15, -0.1) is 0 Å². The molecule has 0 radical (unpaired) electrons. The number of aryl methyl sites for hydroxylation is 2. The lowest BCUT2D eigenvalue weighted by Crippen LogP contribution is -2.23. The average molecular weight is 277 g/mol. The Balaban J connectivity index is 2.04. The number of para-hydroxylation sites is 2. The van der Waals surface area contributed by atoms with Crippen LogP contribution in [-0.2, 0) is 0 Å². The standard InChI is InChI=1S/2C7H8O.Al.ClH/c2*1-6-4-2-3-5-7(6)8;;/h2*2-5,8H,1H3;;1H/q;;+3;/p-3. The van der Waals surface area contributed by atoms with Gasteiger partial charge in [-0.25, -0.2) is 0 Å². The molecule has 0 aliphatic rings. The largest absolute Gasteiger partial charge is 0.999 e. The molecule has 0 saturated heterocycles. The molecule has 2 aromatic carbocycles. The molecule has 0 spiro atoms. The van der Waals surface area contributed by atoms with Crippen LogP contribution in [0.2, 0.25) is 0 Å². The van der Waals surface area contributed by atoms with Crippen LogP contribution in [0.4, 0.5) is 0 Å². The number of rotatable bonds is 4. The van der Waals surface area contributed by atoms with E-state index in [1.54, 1.807) is 0 Å². The Kier molecular flexibility index (Phi) is 4.55. The van der Waals surface area contributed by atoms with Crippen molar-refractivity contribution in [2.45, 2.75) is 13.8 Å². The van der Waals surface area contributed by atoms with Gasteiger partial charge in [0.05, 0.1) is 11.5 Å². The predicted molar refractivity (Wildman–Crippen MR) is 75.2 cm³/mol. The fourth-order valence-corrected chi connectivity index (χ4v) is 3.15. The molecule has 0 amide bonds. The maximum atomic E-state index is 6.19.